The van der Waals surface area contributed by atoms with Crippen LogP contribution in [0.4, 0.5) is 4.39 Å². The van der Waals surface area contributed by atoms with Gasteiger partial charge in [0.1, 0.15) is 5.82 Å². The fourth-order valence-electron chi connectivity index (χ4n) is 5.45. The summed E-state index contributed by atoms with van der Waals surface area (Å²) in [6.07, 6.45) is 7.60. The Bertz CT molecular complexity index is 895. The number of Topliss-reactive ketones (excluding diaryl/α,β-unsaturated/α-hetero) is 1. The second-order valence-corrected chi connectivity index (χ2v) is 10.0. The number of hydrogen-bond acceptors (Lipinski definition) is 2. The molecule has 2 aliphatic rings. The molecule has 0 bridgehead atoms. The normalized spacial score (nSPS) is 22.3. The van der Waals surface area contributed by atoms with Crippen molar-refractivity contribution in [2.24, 2.45) is 11.8 Å². The lowest BCUT2D eigenvalue weighted by Gasteiger charge is -2.21. The van der Waals surface area contributed by atoms with Gasteiger partial charge in [-0.2, -0.15) is 0 Å². The average Bonchev–Trinajstić information content (AvgIpc) is 3.25. The molecule has 2 aromatic carbocycles. The summed E-state index contributed by atoms with van der Waals surface area (Å²) in [4.78, 5) is 12.6. The summed E-state index contributed by atoms with van der Waals surface area (Å²) in [5.74, 6) is 2.08. The number of halogens is 3. The summed E-state index contributed by atoms with van der Waals surface area (Å²) in [5, 5.41) is 3.57. The molecular weight excluding hydrogens is 444 g/mol. The van der Waals surface area contributed by atoms with Gasteiger partial charge in [-0.25, -0.2) is 4.39 Å². The first kappa shape index (κ1) is 25.2. The van der Waals surface area contributed by atoms with E-state index < -0.39 is 0 Å². The molecule has 0 radical (unpaired) electrons. The van der Waals surface area contributed by atoms with Crippen LogP contribution in [0, 0.1) is 17.7 Å². The van der Waals surface area contributed by atoms with Crippen molar-refractivity contribution in [3.8, 4) is 0 Å². The maximum Gasteiger partial charge on any atom is 0.163 e. The molecule has 3 atom stereocenters. The van der Waals surface area contributed by atoms with Crippen molar-refractivity contribution < 1.29 is 9.18 Å². The van der Waals surface area contributed by atoms with Crippen molar-refractivity contribution in [1.82, 2.24) is 5.32 Å². The number of carbonyl (C=O) groups excluding carboxylic acids is 1. The maximum absolute atomic E-state index is 13.4. The Kier molecular flexibility index (Phi) is 9.16. The molecule has 0 spiro atoms. The molecule has 4 rings (SSSR count). The third-order valence-electron chi connectivity index (χ3n) is 7.38. The summed E-state index contributed by atoms with van der Waals surface area (Å²) in [7, 11) is 0. The molecule has 32 heavy (non-hydrogen) atoms. The van der Waals surface area contributed by atoms with Crippen LogP contribution in [0.25, 0.3) is 0 Å². The van der Waals surface area contributed by atoms with Gasteiger partial charge in [0.2, 0.25) is 0 Å². The van der Waals surface area contributed by atoms with Gasteiger partial charge < -0.3 is 5.32 Å². The van der Waals surface area contributed by atoms with Gasteiger partial charge in [0.15, 0.2) is 5.78 Å². The van der Waals surface area contributed by atoms with Gasteiger partial charge in [-0.1, -0.05) is 48.9 Å². The van der Waals surface area contributed by atoms with E-state index in [2.05, 4.69) is 24.4 Å². The van der Waals surface area contributed by atoms with Gasteiger partial charge >= 0.3 is 0 Å². The SMILES string of the molecule is C[C@@H](CC1CC[C@H](c2ccc(C(=O)CC3CCNCC3)cc2)C1)c1ccc(F)c(Cl)c1.Cl. The quantitative estimate of drug-likeness (QED) is 0.416. The maximum atomic E-state index is 13.4. The number of rotatable bonds is 7. The summed E-state index contributed by atoms with van der Waals surface area (Å²) < 4.78 is 13.4. The van der Waals surface area contributed by atoms with E-state index in [0.717, 1.165) is 43.5 Å². The van der Waals surface area contributed by atoms with Crippen LogP contribution in [-0.4, -0.2) is 18.9 Å². The molecule has 174 valence electrons. The van der Waals surface area contributed by atoms with E-state index in [0.29, 0.717) is 30.1 Å². The Labute approximate surface area is 202 Å². The highest BCUT2D eigenvalue weighted by Gasteiger charge is 2.28. The van der Waals surface area contributed by atoms with Crippen molar-refractivity contribution in [2.75, 3.05) is 13.1 Å². The minimum atomic E-state index is -0.351. The molecule has 5 heteroatoms. The number of benzene rings is 2. The van der Waals surface area contributed by atoms with Crippen LogP contribution in [0.2, 0.25) is 5.02 Å². The number of carbonyl (C=O) groups is 1. The Morgan fingerprint density at radius 2 is 1.78 bits per heavy atom. The molecule has 1 unspecified atom stereocenters. The number of hydrogen-bond donors (Lipinski definition) is 1. The molecule has 2 aromatic rings. The zero-order valence-electron chi connectivity index (χ0n) is 18.8. The molecule has 1 saturated carbocycles. The van der Waals surface area contributed by atoms with E-state index in [-0.39, 0.29) is 29.0 Å². The van der Waals surface area contributed by atoms with Crippen molar-refractivity contribution in [1.29, 1.82) is 0 Å². The highest BCUT2D eigenvalue weighted by Crippen LogP contribution is 2.42. The van der Waals surface area contributed by atoms with E-state index in [1.807, 2.05) is 18.2 Å². The highest BCUT2D eigenvalue weighted by atomic mass is 35.5. The molecule has 0 amide bonds. The van der Waals surface area contributed by atoms with E-state index in [1.165, 1.54) is 30.9 Å². The van der Waals surface area contributed by atoms with Gasteiger partial charge in [-0.05, 0) is 98.5 Å². The fourth-order valence-corrected chi connectivity index (χ4v) is 5.64. The first-order valence-corrected chi connectivity index (χ1v) is 12.2. The first-order valence-electron chi connectivity index (χ1n) is 11.8. The topological polar surface area (TPSA) is 29.1 Å². The Hall–Kier alpha value is -1.42. The predicted octanol–water partition coefficient (Wildman–Crippen LogP) is 7.55. The second-order valence-electron chi connectivity index (χ2n) is 9.63. The van der Waals surface area contributed by atoms with Crippen molar-refractivity contribution in [2.45, 2.75) is 63.7 Å². The largest absolute Gasteiger partial charge is 0.317 e. The van der Waals surface area contributed by atoms with E-state index in [4.69, 9.17) is 11.6 Å². The Morgan fingerprint density at radius 3 is 2.47 bits per heavy atom. The monoisotopic (exact) mass is 477 g/mol. The van der Waals surface area contributed by atoms with Gasteiger partial charge in [-0.3, -0.25) is 4.79 Å². The first-order chi connectivity index (χ1) is 15.0. The predicted molar refractivity (Wildman–Crippen MR) is 133 cm³/mol. The standard InChI is InChI=1S/C27H33ClFNO.ClH/c1-18(23-8-9-26(29)25(28)17-23)14-20-2-3-24(15-20)21-4-6-22(7-5-21)27(31)16-19-10-12-30-13-11-19;/h4-9,17-20,24,30H,2-3,10-16H2,1H3;1H/t18-,20?,24-;/m0./s1. The molecular formula is C27H34Cl2FNO. The molecule has 1 N–H and O–H groups in total. The van der Waals surface area contributed by atoms with Crippen LogP contribution in [-0.2, 0) is 0 Å². The average molecular weight is 478 g/mol. The molecule has 1 aliphatic heterocycles. The van der Waals surface area contributed by atoms with Crippen LogP contribution in [0.15, 0.2) is 42.5 Å². The molecule has 0 aromatic heterocycles. The zero-order chi connectivity index (χ0) is 21.8. The summed E-state index contributed by atoms with van der Waals surface area (Å²) >= 11 is 5.97. The third kappa shape index (κ3) is 6.34. The molecule has 1 saturated heterocycles. The van der Waals surface area contributed by atoms with Crippen molar-refractivity contribution >= 4 is 29.8 Å². The second kappa shape index (κ2) is 11.6. The van der Waals surface area contributed by atoms with E-state index in [1.54, 1.807) is 6.07 Å². The van der Waals surface area contributed by atoms with Gasteiger partial charge in [0, 0.05) is 12.0 Å². The summed E-state index contributed by atoms with van der Waals surface area (Å²) in [5.41, 5.74) is 3.34. The number of piperidine rings is 1. The van der Waals surface area contributed by atoms with E-state index >= 15 is 0 Å². The van der Waals surface area contributed by atoms with Crippen LogP contribution in [0.5, 0.6) is 0 Å². The van der Waals surface area contributed by atoms with Crippen molar-refractivity contribution in [3.63, 3.8) is 0 Å². The van der Waals surface area contributed by atoms with E-state index in [9.17, 15) is 9.18 Å². The van der Waals surface area contributed by atoms with Crippen LogP contribution < -0.4 is 5.32 Å². The lowest BCUT2D eigenvalue weighted by molar-refractivity contribution is 0.0952. The highest BCUT2D eigenvalue weighted by molar-refractivity contribution is 6.30. The van der Waals surface area contributed by atoms with Crippen molar-refractivity contribution in [3.05, 3.63) is 70.0 Å². The molecule has 2 fully saturated rings. The molecule has 2 nitrogen and oxygen atoms in total. The number of ketones is 1. The van der Waals surface area contributed by atoms with Gasteiger partial charge in [-0.15, -0.1) is 12.4 Å². The Balaban J connectivity index is 0.00000289. The third-order valence-corrected chi connectivity index (χ3v) is 7.67. The lowest BCUT2D eigenvalue weighted by Crippen LogP contribution is -2.28. The molecule has 1 aliphatic carbocycles. The number of nitrogens with one attached hydrogen (secondary N) is 1. The van der Waals surface area contributed by atoms with Crippen LogP contribution in [0.1, 0.15) is 85.2 Å². The molecule has 1 heterocycles. The zero-order valence-corrected chi connectivity index (χ0v) is 20.4. The summed E-state index contributed by atoms with van der Waals surface area (Å²) in [6.45, 7) is 4.28. The van der Waals surface area contributed by atoms with Gasteiger partial charge in [0.05, 0.1) is 5.02 Å². The Morgan fingerprint density at radius 1 is 1.06 bits per heavy atom. The van der Waals surface area contributed by atoms with Crippen LogP contribution >= 0.6 is 24.0 Å². The van der Waals surface area contributed by atoms with Crippen LogP contribution in [0.3, 0.4) is 0 Å². The fraction of sp³-hybridized carbons (Fsp3) is 0.519. The summed E-state index contributed by atoms with van der Waals surface area (Å²) in [6, 6.07) is 13.5. The minimum Gasteiger partial charge on any atom is -0.317 e. The van der Waals surface area contributed by atoms with Gasteiger partial charge in [0.25, 0.3) is 0 Å². The smallest absolute Gasteiger partial charge is 0.163 e. The lowest BCUT2D eigenvalue weighted by atomic mass is 9.87. The minimum absolute atomic E-state index is 0.